The molecule has 0 saturated carbocycles. The van der Waals surface area contributed by atoms with E-state index < -0.39 is 0 Å². The maximum absolute atomic E-state index is 5.15. The number of hydrogen-bond acceptors (Lipinski definition) is 1. The van der Waals surface area contributed by atoms with E-state index in [1.165, 1.54) is 32.9 Å². The molecule has 0 unspecified atom stereocenters. The molecule has 0 radical (unpaired) electrons. The van der Waals surface area contributed by atoms with Crippen LogP contribution in [0.15, 0.2) is 91.1 Å². The van der Waals surface area contributed by atoms with E-state index >= 15 is 0 Å². The Hall–Kier alpha value is -1.53. The minimum absolute atomic E-state index is 0. The van der Waals surface area contributed by atoms with Gasteiger partial charge in [0.05, 0.1) is 17.1 Å². The maximum Gasteiger partial charge on any atom is 0.338 e. The first kappa shape index (κ1) is 22.7. The normalized spacial score (nSPS) is 10.8. The fraction of sp³-hybridized carbons (Fsp3) is 0.0400. The van der Waals surface area contributed by atoms with Gasteiger partial charge in [0.25, 0.3) is 5.65 Å². The molecule has 3 aromatic heterocycles. The van der Waals surface area contributed by atoms with Crippen LogP contribution < -0.4 is 28.4 Å². The van der Waals surface area contributed by atoms with Crippen LogP contribution in [0, 0.1) is 0 Å². The zero-order valence-electron chi connectivity index (χ0n) is 16.6. The summed E-state index contributed by atoms with van der Waals surface area (Å²) < 4.78 is 4.45. The van der Waals surface area contributed by atoms with Crippen molar-refractivity contribution < 1.29 is 28.4 Å². The molecule has 6 rings (SSSR count). The molecule has 31 heavy (non-hydrogen) atoms. The molecule has 154 valence electrons. The minimum Gasteiger partial charge on any atom is -1.00 e. The van der Waals surface area contributed by atoms with Crippen molar-refractivity contribution in [3.05, 3.63) is 91.1 Å². The molecule has 3 aromatic carbocycles. The number of fused-ring (bicyclic) bond motifs is 6. The van der Waals surface area contributed by atoms with Crippen LogP contribution >= 0.6 is 37.2 Å². The summed E-state index contributed by atoms with van der Waals surface area (Å²) in [4.78, 5) is 5.15. The van der Waals surface area contributed by atoms with Crippen molar-refractivity contribution in [1.82, 2.24) is 9.55 Å². The van der Waals surface area contributed by atoms with Gasteiger partial charge in [-0.3, -0.25) is 0 Å². The number of aromatic nitrogens is 3. The lowest BCUT2D eigenvalue weighted by atomic mass is 10.0. The second kappa shape index (κ2) is 9.53. The molecular formula is C25H18I3N3. The Labute approximate surface area is 220 Å². The van der Waals surface area contributed by atoms with Crippen molar-refractivity contribution in [2.45, 2.75) is 0 Å². The third-order valence-corrected chi connectivity index (χ3v) is 5.65. The predicted molar refractivity (Wildman–Crippen MR) is 142 cm³/mol. The maximum atomic E-state index is 5.15. The van der Waals surface area contributed by atoms with Gasteiger partial charge in [-0.2, -0.15) is 4.40 Å². The number of nitrogens with zero attached hydrogens (tertiary/aromatic N) is 3. The molecular weight excluding hydrogens is 723 g/mol. The van der Waals surface area contributed by atoms with Crippen LogP contribution in [-0.4, -0.2) is 9.55 Å². The van der Waals surface area contributed by atoms with Crippen molar-refractivity contribution in [3.63, 3.8) is 0 Å². The largest absolute Gasteiger partial charge is 1.00 e. The number of halogens is 3. The highest BCUT2D eigenvalue weighted by molar-refractivity contribution is 15.0. The summed E-state index contributed by atoms with van der Waals surface area (Å²) in [6.45, 7) is 0. The lowest BCUT2D eigenvalue weighted by Crippen LogP contribution is -3.00. The third-order valence-electron chi connectivity index (χ3n) is 5.65. The SMILES string of the molecule is Cn1c2ccccc2c2c(-c3ccccc3)[n+]3ccc4ccccc4c3nc21.II.[I-]. The van der Waals surface area contributed by atoms with Gasteiger partial charge in [-0.25, -0.2) is 0 Å². The molecule has 0 fully saturated rings. The Morgan fingerprint density at radius 3 is 2.19 bits per heavy atom. The average Bonchev–Trinajstić information content (AvgIpc) is 3.11. The van der Waals surface area contributed by atoms with Gasteiger partial charge in [0.15, 0.2) is 5.69 Å². The first-order valence-electron chi connectivity index (χ1n) is 9.63. The molecule has 0 aliphatic rings. The summed E-state index contributed by atoms with van der Waals surface area (Å²) in [6.07, 6.45) is 2.15. The molecule has 0 atom stereocenters. The van der Waals surface area contributed by atoms with Crippen LogP contribution in [0.1, 0.15) is 0 Å². The Kier molecular flexibility index (Phi) is 6.97. The second-order valence-electron chi connectivity index (χ2n) is 7.20. The average molecular weight is 741 g/mol. The number of benzene rings is 3. The summed E-state index contributed by atoms with van der Waals surface area (Å²) in [7, 11) is 2.11. The van der Waals surface area contributed by atoms with E-state index in [1.807, 2.05) is 0 Å². The Balaban J connectivity index is 0.000000750. The van der Waals surface area contributed by atoms with E-state index in [-0.39, 0.29) is 24.0 Å². The van der Waals surface area contributed by atoms with Crippen LogP contribution in [-0.2, 0) is 7.05 Å². The lowest BCUT2D eigenvalue weighted by Gasteiger charge is -2.06. The standard InChI is InChI=1S/C25H18N3.I2.HI/c1-27-21-14-8-7-13-20(21)22-23(18-10-3-2-4-11-18)28-16-15-17-9-5-6-12-19(17)24(28)26-25(22)27;1-2;/h2-16H,1H3;;1H/q+1;;/p-1. The van der Waals surface area contributed by atoms with Crippen LogP contribution in [0.5, 0.6) is 0 Å². The molecule has 0 N–H and O–H groups in total. The first-order chi connectivity index (χ1) is 14.8. The number of rotatable bonds is 1. The van der Waals surface area contributed by atoms with E-state index in [4.69, 9.17) is 4.98 Å². The molecule has 6 aromatic rings. The van der Waals surface area contributed by atoms with Crippen molar-refractivity contribution in [2.24, 2.45) is 7.05 Å². The van der Waals surface area contributed by atoms with Gasteiger partial charge in [-0.1, -0.05) is 66.7 Å². The zero-order chi connectivity index (χ0) is 20.7. The smallest absolute Gasteiger partial charge is 0.338 e. The molecule has 0 aliphatic carbocycles. The van der Waals surface area contributed by atoms with E-state index in [2.05, 4.69) is 144 Å². The van der Waals surface area contributed by atoms with Crippen LogP contribution in [0.25, 0.3) is 49.6 Å². The van der Waals surface area contributed by atoms with Gasteiger partial charge in [0.1, 0.15) is 5.39 Å². The van der Waals surface area contributed by atoms with Crippen LogP contribution in [0.4, 0.5) is 0 Å². The van der Waals surface area contributed by atoms with Gasteiger partial charge in [0, 0.05) is 55.2 Å². The fourth-order valence-electron chi connectivity index (χ4n) is 4.34. The summed E-state index contributed by atoms with van der Waals surface area (Å²) in [6, 6.07) is 29.8. The van der Waals surface area contributed by atoms with Crippen molar-refractivity contribution in [3.8, 4) is 11.3 Å². The highest BCUT2D eigenvalue weighted by Crippen LogP contribution is 2.34. The molecule has 0 amide bonds. The quantitative estimate of drug-likeness (QED) is 0.142. The third kappa shape index (κ3) is 3.70. The van der Waals surface area contributed by atoms with Gasteiger partial charge in [-0.05, 0) is 28.6 Å². The summed E-state index contributed by atoms with van der Waals surface area (Å²) in [5.41, 5.74) is 5.56. The number of aryl methyl sites for hydroxylation is 1. The topological polar surface area (TPSA) is 21.9 Å². The predicted octanol–water partition coefficient (Wildman–Crippen LogP) is 4.06. The summed E-state index contributed by atoms with van der Waals surface area (Å²) in [5, 5.41) is 4.78. The molecule has 0 spiro atoms. The minimum atomic E-state index is 0. The van der Waals surface area contributed by atoms with Gasteiger partial charge in [0.2, 0.25) is 0 Å². The van der Waals surface area contributed by atoms with E-state index in [0.717, 1.165) is 16.7 Å². The number of hydrogen-bond donors (Lipinski definition) is 0. The summed E-state index contributed by atoms with van der Waals surface area (Å²) >= 11 is 4.24. The van der Waals surface area contributed by atoms with E-state index in [9.17, 15) is 0 Å². The van der Waals surface area contributed by atoms with Crippen LogP contribution in [0.3, 0.4) is 0 Å². The van der Waals surface area contributed by atoms with E-state index in [1.54, 1.807) is 0 Å². The van der Waals surface area contributed by atoms with Crippen molar-refractivity contribution in [2.75, 3.05) is 0 Å². The molecule has 6 heteroatoms. The fourth-order valence-corrected chi connectivity index (χ4v) is 4.34. The molecule has 0 aliphatic heterocycles. The van der Waals surface area contributed by atoms with E-state index in [0.29, 0.717) is 0 Å². The Bertz CT molecular complexity index is 1530. The zero-order valence-corrected chi connectivity index (χ0v) is 23.1. The second-order valence-corrected chi connectivity index (χ2v) is 7.20. The Morgan fingerprint density at radius 2 is 1.42 bits per heavy atom. The van der Waals surface area contributed by atoms with Crippen molar-refractivity contribution in [1.29, 1.82) is 0 Å². The van der Waals surface area contributed by atoms with Crippen LogP contribution in [0.2, 0.25) is 0 Å². The number of pyridine rings is 1. The van der Waals surface area contributed by atoms with Gasteiger partial charge in [-0.15, -0.1) is 0 Å². The molecule has 3 nitrogen and oxygen atoms in total. The molecule has 0 bridgehead atoms. The monoisotopic (exact) mass is 741 g/mol. The number of para-hydroxylation sites is 1. The highest BCUT2D eigenvalue weighted by Gasteiger charge is 2.25. The van der Waals surface area contributed by atoms with Gasteiger partial charge >= 0.3 is 5.65 Å². The molecule has 0 saturated heterocycles. The van der Waals surface area contributed by atoms with Crippen molar-refractivity contribution >= 4 is 75.6 Å². The molecule has 3 heterocycles. The summed E-state index contributed by atoms with van der Waals surface area (Å²) in [5.74, 6) is 0. The first-order valence-corrected chi connectivity index (χ1v) is 15.9. The Morgan fingerprint density at radius 1 is 0.774 bits per heavy atom. The highest BCUT2D eigenvalue weighted by atomic mass is 128. The van der Waals surface area contributed by atoms with Gasteiger partial charge < -0.3 is 28.5 Å². The lowest BCUT2D eigenvalue weighted by molar-refractivity contribution is -0.499.